The number of ether oxygens (including phenoxy) is 2. The third-order valence-electron chi connectivity index (χ3n) is 3.15. The molecule has 22 heavy (non-hydrogen) atoms. The van der Waals surface area contributed by atoms with Crippen molar-refractivity contribution in [2.45, 2.75) is 0 Å². The fourth-order valence-electron chi connectivity index (χ4n) is 1.99. The van der Waals surface area contributed by atoms with Crippen LogP contribution in [0.3, 0.4) is 0 Å². The molecular weight excluding hydrogens is 282 g/mol. The van der Waals surface area contributed by atoms with Gasteiger partial charge in [-0.15, -0.1) is 0 Å². The van der Waals surface area contributed by atoms with Crippen LogP contribution < -0.4 is 4.74 Å². The molecule has 0 amide bonds. The van der Waals surface area contributed by atoms with Gasteiger partial charge in [-0.2, -0.15) is 0 Å². The molecule has 2 aromatic rings. The fourth-order valence-corrected chi connectivity index (χ4v) is 1.99. The molecule has 1 aliphatic heterocycles. The summed E-state index contributed by atoms with van der Waals surface area (Å²) in [5.41, 5.74) is 1.67. The molecule has 0 radical (unpaired) electrons. The van der Waals surface area contributed by atoms with E-state index in [9.17, 15) is 9.90 Å². The summed E-state index contributed by atoms with van der Waals surface area (Å²) in [6, 6.07) is 13.6. The van der Waals surface area contributed by atoms with E-state index in [0.717, 1.165) is 5.56 Å². The minimum atomic E-state index is -0.501. The summed E-state index contributed by atoms with van der Waals surface area (Å²) in [5, 5.41) is 9.25. The van der Waals surface area contributed by atoms with Gasteiger partial charge in [-0.3, -0.25) is 0 Å². The summed E-state index contributed by atoms with van der Waals surface area (Å²) in [4.78, 5) is 16.1. The van der Waals surface area contributed by atoms with Crippen molar-refractivity contribution < 1.29 is 19.4 Å². The second kappa shape index (κ2) is 5.73. The lowest BCUT2D eigenvalue weighted by Gasteiger charge is -2.01. The van der Waals surface area contributed by atoms with Crippen LogP contribution in [0.15, 0.2) is 59.2 Å². The van der Waals surface area contributed by atoms with Crippen LogP contribution in [0.4, 0.5) is 0 Å². The number of phenolic OH excluding ortho intramolecular Hbond substituents is 1. The molecular formula is C17H13NO4. The Hall–Kier alpha value is -3.08. The summed E-state index contributed by atoms with van der Waals surface area (Å²) >= 11 is 0. The molecule has 0 fully saturated rings. The van der Waals surface area contributed by atoms with Crippen LogP contribution in [-0.2, 0) is 9.53 Å². The summed E-state index contributed by atoms with van der Waals surface area (Å²) in [6.45, 7) is 0. The molecule has 5 nitrogen and oxygen atoms in total. The molecule has 1 heterocycles. The molecule has 0 aromatic heterocycles. The Morgan fingerprint density at radius 2 is 1.77 bits per heavy atom. The quantitative estimate of drug-likeness (QED) is 0.698. The van der Waals surface area contributed by atoms with Crippen LogP contribution in [0.1, 0.15) is 11.1 Å². The average Bonchev–Trinajstić information content (AvgIpc) is 2.91. The lowest BCUT2D eigenvalue weighted by molar-refractivity contribution is -0.129. The van der Waals surface area contributed by atoms with Crippen LogP contribution in [0, 0.1) is 0 Å². The lowest BCUT2D eigenvalue weighted by atomic mass is 10.2. The summed E-state index contributed by atoms with van der Waals surface area (Å²) in [6.07, 6.45) is 1.61. The fraction of sp³-hybridized carbons (Fsp3) is 0.0588. The highest BCUT2D eigenvalue weighted by Gasteiger charge is 2.24. The SMILES string of the molecule is COc1ccc(C2=N/C(=C/c3ccc(O)cc3)C(=O)O2)cc1. The van der Waals surface area contributed by atoms with Crippen LogP contribution in [0.2, 0.25) is 0 Å². The highest BCUT2D eigenvalue weighted by Crippen LogP contribution is 2.21. The maximum Gasteiger partial charge on any atom is 0.363 e. The van der Waals surface area contributed by atoms with Gasteiger partial charge in [-0.05, 0) is 48.0 Å². The first-order valence-corrected chi connectivity index (χ1v) is 6.62. The van der Waals surface area contributed by atoms with Crippen molar-refractivity contribution >= 4 is 17.9 Å². The zero-order valence-electron chi connectivity index (χ0n) is 11.8. The second-order valence-electron chi connectivity index (χ2n) is 4.66. The predicted molar refractivity (Wildman–Crippen MR) is 81.7 cm³/mol. The maximum atomic E-state index is 11.9. The molecule has 1 N–H and O–H groups in total. The Morgan fingerprint density at radius 1 is 1.09 bits per heavy atom. The molecule has 2 aromatic carbocycles. The van der Waals surface area contributed by atoms with Crippen LogP contribution in [0.25, 0.3) is 6.08 Å². The number of rotatable bonds is 3. The molecule has 0 aliphatic carbocycles. The van der Waals surface area contributed by atoms with Crippen molar-refractivity contribution in [3.05, 3.63) is 65.4 Å². The molecule has 3 rings (SSSR count). The number of aliphatic imine (C=N–C) groups is 1. The minimum Gasteiger partial charge on any atom is -0.508 e. The number of aromatic hydroxyl groups is 1. The number of hydrogen-bond acceptors (Lipinski definition) is 5. The molecule has 0 saturated carbocycles. The number of hydrogen-bond donors (Lipinski definition) is 1. The van der Waals surface area contributed by atoms with Gasteiger partial charge < -0.3 is 14.6 Å². The van der Waals surface area contributed by atoms with E-state index in [4.69, 9.17) is 9.47 Å². The number of benzene rings is 2. The molecule has 0 spiro atoms. The number of phenols is 1. The van der Waals surface area contributed by atoms with Crippen molar-refractivity contribution in [2.75, 3.05) is 7.11 Å². The lowest BCUT2D eigenvalue weighted by Crippen LogP contribution is -2.05. The van der Waals surface area contributed by atoms with Crippen molar-refractivity contribution in [1.29, 1.82) is 0 Å². The molecule has 110 valence electrons. The molecule has 0 bridgehead atoms. The summed E-state index contributed by atoms with van der Waals surface area (Å²) < 4.78 is 10.3. The van der Waals surface area contributed by atoms with E-state index in [0.29, 0.717) is 11.3 Å². The Labute approximate surface area is 127 Å². The van der Waals surface area contributed by atoms with E-state index in [1.807, 2.05) is 0 Å². The van der Waals surface area contributed by atoms with E-state index < -0.39 is 5.97 Å². The van der Waals surface area contributed by atoms with Gasteiger partial charge in [0.2, 0.25) is 5.90 Å². The smallest absolute Gasteiger partial charge is 0.363 e. The number of carbonyl (C=O) groups is 1. The van der Waals surface area contributed by atoms with Crippen LogP contribution >= 0.6 is 0 Å². The highest BCUT2D eigenvalue weighted by molar-refractivity contribution is 6.12. The van der Waals surface area contributed by atoms with E-state index in [2.05, 4.69) is 4.99 Å². The minimum absolute atomic E-state index is 0.165. The van der Waals surface area contributed by atoms with E-state index in [1.165, 1.54) is 0 Å². The Morgan fingerprint density at radius 3 is 2.41 bits per heavy atom. The van der Waals surface area contributed by atoms with E-state index >= 15 is 0 Å². The van der Waals surface area contributed by atoms with Gasteiger partial charge in [-0.25, -0.2) is 9.79 Å². The normalized spacial score (nSPS) is 15.6. The highest BCUT2D eigenvalue weighted by atomic mass is 16.6. The van der Waals surface area contributed by atoms with Crippen molar-refractivity contribution in [3.63, 3.8) is 0 Å². The standard InChI is InChI=1S/C17H13NO4/c1-21-14-8-4-12(5-9-14)16-18-15(17(20)22-16)10-11-2-6-13(19)7-3-11/h2-10,19H,1H3/b15-10+. The first-order valence-electron chi connectivity index (χ1n) is 6.62. The monoisotopic (exact) mass is 295 g/mol. The van der Waals surface area contributed by atoms with Gasteiger partial charge in [0.15, 0.2) is 5.70 Å². The molecule has 0 unspecified atom stereocenters. The van der Waals surface area contributed by atoms with Gasteiger partial charge in [0.25, 0.3) is 0 Å². The summed E-state index contributed by atoms with van der Waals surface area (Å²) in [7, 11) is 1.58. The maximum absolute atomic E-state index is 11.9. The van der Waals surface area contributed by atoms with Gasteiger partial charge in [0.05, 0.1) is 7.11 Å². The summed E-state index contributed by atoms with van der Waals surface area (Å²) in [5.74, 6) is 0.642. The largest absolute Gasteiger partial charge is 0.508 e. The number of nitrogens with zero attached hydrogens (tertiary/aromatic N) is 1. The predicted octanol–water partition coefficient (Wildman–Crippen LogP) is 2.75. The number of esters is 1. The van der Waals surface area contributed by atoms with Crippen molar-refractivity contribution in [1.82, 2.24) is 0 Å². The molecule has 0 atom stereocenters. The van der Waals surface area contributed by atoms with Crippen molar-refractivity contribution in [3.8, 4) is 11.5 Å². The topological polar surface area (TPSA) is 68.1 Å². The molecule has 5 heteroatoms. The first kappa shape index (κ1) is 13.9. The van der Waals surface area contributed by atoms with Gasteiger partial charge >= 0.3 is 5.97 Å². The van der Waals surface area contributed by atoms with Crippen molar-refractivity contribution in [2.24, 2.45) is 4.99 Å². The number of carbonyl (C=O) groups excluding carboxylic acids is 1. The third kappa shape index (κ3) is 2.83. The zero-order valence-corrected chi connectivity index (χ0v) is 11.8. The van der Waals surface area contributed by atoms with Crippen LogP contribution in [0.5, 0.6) is 11.5 Å². The Kier molecular flexibility index (Phi) is 3.62. The van der Waals surface area contributed by atoms with E-state index in [1.54, 1.807) is 61.7 Å². The van der Waals surface area contributed by atoms with Gasteiger partial charge in [0, 0.05) is 5.56 Å². The molecule has 0 saturated heterocycles. The Balaban J connectivity index is 1.88. The third-order valence-corrected chi connectivity index (χ3v) is 3.15. The first-order chi connectivity index (χ1) is 10.7. The number of methoxy groups -OCH3 is 1. The van der Waals surface area contributed by atoms with Gasteiger partial charge in [0.1, 0.15) is 11.5 Å². The zero-order chi connectivity index (χ0) is 15.5. The number of cyclic esters (lactones) is 1. The Bertz CT molecular complexity index is 758. The van der Waals surface area contributed by atoms with Crippen LogP contribution in [-0.4, -0.2) is 24.1 Å². The second-order valence-corrected chi connectivity index (χ2v) is 4.66. The molecule has 1 aliphatic rings. The van der Waals surface area contributed by atoms with E-state index in [-0.39, 0.29) is 17.3 Å². The average molecular weight is 295 g/mol. The van der Waals surface area contributed by atoms with Gasteiger partial charge in [-0.1, -0.05) is 12.1 Å².